The van der Waals surface area contributed by atoms with Crippen LogP contribution in [0.5, 0.6) is 0 Å². The summed E-state index contributed by atoms with van der Waals surface area (Å²) in [5, 5.41) is 10.6. The Labute approximate surface area is 126 Å². The first-order valence-corrected chi connectivity index (χ1v) is 8.19. The summed E-state index contributed by atoms with van der Waals surface area (Å²) in [4.78, 5) is 0. The Morgan fingerprint density at radius 3 is 2.22 bits per heavy atom. The molecule has 0 radical (unpaired) electrons. The maximum absolute atomic E-state index is 10.6. The summed E-state index contributed by atoms with van der Waals surface area (Å²) >= 11 is 6.97. The Morgan fingerprint density at radius 2 is 1.67 bits per heavy atom. The molecule has 3 atom stereocenters. The van der Waals surface area contributed by atoms with Crippen LogP contribution < -0.4 is 0 Å². The van der Waals surface area contributed by atoms with Gasteiger partial charge in [0, 0.05) is 8.95 Å². The molecule has 3 unspecified atom stereocenters. The molecule has 0 aliphatic heterocycles. The zero-order valence-corrected chi connectivity index (χ0v) is 14.0. The van der Waals surface area contributed by atoms with Crippen LogP contribution in [0.1, 0.15) is 44.8 Å². The molecule has 2 rings (SSSR count). The molecule has 1 N–H and O–H groups in total. The predicted octanol–water partition coefficient (Wildman–Crippen LogP) is 5.32. The van der Waals surface area contributed by atoms with Crippen LogP contribution in [0.2, 0.25) is 0 Å². The van der Waals surface area contributed by atoms with Gasteiger partial charge in [-0.05, 0) is 86.6 Å². The molecule has 1 nitrogen and oxygen atoms in total. The van der Waals surface area contributed by atoms with Crippen molar-refractivity contribution in [2.75, 3.05) is 0 Å². The molecule has 18 heavy (non-hydrogen) atoms. The lowest BCUT2D eigenvalue weighted by Gasteiger charge is -2.34. The van der Waals surface area contributed by atoms with E-state index < -0.39 is 0 Å². The monoisotopic (exact) mass is 374 g/mol. The van der Waals surface area contributed by atoms with Crippen LogP contribution in [0, 0.1) is 17.8 Å². The number of rotatable bonds is 2. The van der Waals surface area contributed by atoms with E-state index in [1.807, 2.05) is 18.2 Å². The molecule has 0 aromatic heterocycles. The Bertz CT molecular complexity index is 409. The average Bonchev–Trinajstić information content (AvgIpc) is 2.30. The van der Waals surface area contributed by atoms with Gasteiger partial charge in [0.05, 0.1) is 6.10 Å². The number of halogens is 2. The van der Waals surface area contributed by atoms with Gasteiger partial charge in [-0.3, -0.25) is 0 Å². The second-order valence-electron chi connectivity index (χ2n) is 5.80. The van der Waals surface area contributed by atoms with Crippen molar-refractivity contribution in [1.29, 1.82) is 0 Å². The molecule has 0 bridgehead atoms. The third-order valence-corrected chi connectivity index (χ3v) is 5.83. The zero-order valence-electron chi connectivity index (χ0n) is 10.9. The zero-order chi connectivity index (χ0) is 13.3. The van der Waals surface area contributed by atoms with Crippen molar-refractivity contribution in [3.63, 3.8) is 0 Å². The molecule has 1 aliphatic rings. The number of benzene rings is 1. The largest absolute Gasteiger partial charge is 0.388 e. The quantitative estimate of drug-likeness (QED) is 0.741. The third kappa shape index (κ3) is 3.37. The number of hydrogen-bond donors (Lipinski definition) is 1. The van der Waals surface area contributed by atoms with Crippen LogP contribution >= 0.6 is 31.9 Å². The van der Waals surface area contributed by atoms with E-state index in [4.69, 9.17) is 0 Å². The fourth-order valence-electron chi connectivity index (χ4n) is 3.24. The minimum absolute atomic E-state index is 0.334. The Kier molecular flexibility index (Phi) is 4.90. The van der Waals surface area contributed by atoms with Crippen LogP contribution in [-0.2, 0) is 0 Å². The molecule has 0 amide bonds. The van der Waals surface area contributed by atoms with Gasteiger partial charge in [-0.2, -0.15) is 0 Å². The second kappa shape index (κ2) is 6.06. The lowest BCUT2D eigenvalue weighted by Crippen LogP contribution is -2.24. The summed E-state index contributed by atoms with van der Waals surface area (Å²) < 4.78 is 2.04. The van der Waals surface area contributed by atoms with Gasteiger partial charge in [0.2, 0.25) is 0 Å². The second-order valence-corrected chi connectivity index (χ2v) is 7.50. The van der Waals surface area contributed by atoms with Crippen molar-refractivity contribution >= 4 is 31.9 Å². The molecule has 1 saturated carbocycles. The molecule has 0 saturated heterocycles. The first kappa shape index (κ1) is 14.5. The van der Waals surface area contributed by atoms with E-state index in [0.29, 0.717) is 5.92 Å². The van der Waals surface area contributed by atoms with Gasteiger partial charge < -0.3 is 5.11 Å². The molecular weight excluding hydrogens is 356 g/mol. The van der Waals surface area contributed by atoms with Crippen molar-refractivity contribution in [3.8, 4) is 0 Å². The molecule has 0 heterocycles. The van der Waals surface area contributed by atoms with E-state index >= 15 is 0 Å². The van der Waals surface area contributed by atoms with Gasteiger partial charge in [0.25, 0.3) is 0 Å². The first-order chi connectivity index (χ1) is 8.47. The molecule has 1 aromatic carbocycles. The van der Waals surface area contributed by atoms with Gasteiger partial charge in [0.15, 0.2) is 0 Å². The summed E-state index contributed by atoms with van der Waals surface area (Å²) in [7, 11) is 0. The summed E-state index contributed by atoms with van der Waals surface area (Å²) in [5.41, 5.74) is 1.02. The van der Waals surface area contributed by atoms with Crippen molar-refractivity contribution in [2.45, 2.75) is 39.2 Å². The van der Waals surface area contributed by atoms with E-state index in [2.05, 4.69) is 45.7 Å². The first-order valence-electron chi connectivity index (χ1n) is 6.60. The highest BCUT2D eigenvalue weighted by atomic mass is 79.9. The molecule has 0 spiro atoms. The lowest BCUT2D eigenvalue weighted by molar-refractivity contribution is 0.0551. The Balaban J connectivity index is 2.14. The number of hydrogen-bond acceptors (Lipinski definition) is 1. The summed E-state index contributed by atoms with van der Waals surface area (Å²) in [5.74, 6) is 1.86. The SMILES string of the molecule is CC1CC(C)CC(C(O)c2ccc(Br)c(Br)c2)C1. The summed E-state index contributed by atoms with van der Waals surface area (Å²) in [6, 6.07) is 6.04. The molecule has 3 heteroatoms. The van der Waals surface area contributed by atoms with Gasteiger partial charge in [0.1, 0.15) is 0 Å². The summed E-state index contributed by atoms with van der Waals surface area (Å²) in [6.45, 7) is 4.60. The minimum Gasteiger partial charge on any atom is -0.388 e. The third-order valence-electron chi connectivity index (χ3n) is 3.95. The Hall–Kier alpha value is 0.140. The molecule has 1 aliphatic carbocycles. The Morgan fingerprint density at radius 1 is 1.06 bits per heavy atom. The van der Waals surface area contributed by atoms with E-state index in [1.165, 1.54) is 6.42 Å². The predicted molar refractivity (Wildman–Crippen MR) is 82.5 cm³/mol. The molecule has 1 fully saturated rings. The van der Waals surface area contributed by atoms with E-state index in [-0.39, 0.29) is 6.10 Å². The van der Waals surface area contributed by atoms with Crippen LogP contribution in [0.25, 0.3) is 0 Å². The van der Waals surface area contributed by atoms with E-state index in [1.54, 1.807) is 0 Å². The highest BCUT2D eigenvalue weighted by molar-refractivity contribution is 9.13. The normalized spacial score (nSPS) is 30.2. The van der Waals surface area contributed by atoms with E-state index in [9.17, 15) is 5.11 Å². The highest BCUT2D eigenvalue weighted by Crippen LogP contribution is 2.40. The minimum atomic E-state index is -0.334. The average molecular weight is 376 g/mol. The van der Waals surface area contributed by atoms with E-state index in [0.717, 1.165) is 39.2 Å². The van der Waals surface area contributed by atoms with Crippen LogP contribution in [0.3, 0.4) is 0 Å². The smallest absolute Gasteiger partial charge is 0.0818 e. The fourth-order valence-corrected chi connectivity index (χ4v) is 3.88. The molecular formula is C15H20Br2O. The number of aliphatic hydroxyl groups excluding tert-OH is 1. The maximum atomic E-state index is 10.6. The number of aliphatic hydroxyl groups is 1. The van der Waals surface area contributed by atoms with Crippen molar-refractivity contribution in [2.24, 2.45) is 17.8 Å². The van der Waals surface area contributed by atoms with Gasteiger partial charge in [-0.25, -0.2) is 0 Å². The van der Waals surface area contributed by atoms with Crippen LogP contribution in [0.4, 0.5) is 0 Å². The van der Waals surface area contributed by atoms with Crippen molar-refractivity contribution in [3.05, 3.63) is 32.7 Å². The van der Waals surface area contributed by atoms with Gasteiger partial charge in [-0.15, -0.1) is 0 Å². The standard InChI is InChI=1S/C15H20Br2O/c1-9-5-10(2)7-12(6-9)15(18)11-3-4-13(16)14(17)8-11/h3-4,8-10,12,15,18H,5-7H2,1-2H3. The highest BCUT2D eigenvalue weighted by Gasteiger charge is 2.29. The molecule has 100 valence electrons. The maximum Gasteiger partial charge on any atom is 0.0818 e. The van der Waals surface area contributed by atoms with Crippen LogP contribution in [0.15, 0.2) is 27.1 Å². The topological polar surface area (TPSA) is 20.2 Å². The van der Waals surface area contributed by atoms with Gasteiger partial charge in [-0.1, -0.05) is 19.9 Å². The van der Waals surface area contributed by atoms with Crippen LogP contribution in [-0.4, -0.2) is 5.11 Å². The lowest BCUT2D eigenvalue weighted by atomic mass is 9.73. The van der Waals surface area contributed by atoms with Gasteiger partial charge >= 0.3 is 0 Å². The fraction of sp³-hybridized carbons (Fsp3) is 0.600. The molecule has 1 aromatic rings. The van der Waals surface area contributed by atoms with Crippen molar-refractivity contribution in [1.82, 2.24) is 0 Å². The summed E-state index contributed by atoms with van der Waals surface area (Å²) in [6.07, 6.45) is 3.24. The van der Waals surface area contributed by atoms with Crippen molar-refractivity contribution < 1.29 is 5.11 Å².